The number of carboxylic acids is 1. The van der Waals surface area contributed by atoms with Crippen molar-refractivity contribution in [1.29, 1.82) is 0 Å². The molecule has 0 bridgehead atoms. The first-order chi connectivity index (χ1) is 9.85. The number of carboxylic acid groups (broad SMARTS) is 1. The number of ether oxygens (including phenoxy) is 1. The fourth-order valence-electron chi connectivity index (χ4n) is 2.00. The van der Waals surface area contributed by atoms with Gasteiger partial charge in [-0.2, -0.15) is 11.8 Å². The van der Waals surface area contributed by atoms with Gasteiger partial charge in [-0.1, -0.05) is 32.1 Å². The SMILES string of the molecule is CC/C=C/C=C/C1(C)OC(CC(C)SC)=C(C(=O)O)C1=O. The lowest BCUT2D eigenvalue weighted by Gasteiger charge is -2.20. The first-order valence-corrected chi connectivity index (χ1v) is 8.22. The van der Waals surface area contributed by atoms with Gasteiger partial charge in [-0.3, -0.25) is 4.79 Å². The molecule has 1 N–H and O–H groups in total. The molecule has 1 aliphatic rings. The minimum absolute atomic E-state index is 0.188. The Bertz CT molecular complexity index is 504. The summed E-state index contributed by atoms with van der Waals surface area (Å²) >= 11 is 1.60. The molecule has 0 aliphatic carbocycles. The minimum Gasteiger partial charge on any atom is -0.479 e. The highest BCUT2D eigenvalue weighted by Crippen LogP contribution is 2.35. The molecule has 2 atom stereocenters. The Labute approximate surface area is 129 Å². The molecular weight excluding hydrogens is 288 g/mol. The molecule has 0 aromatic rings. The van der Waals surface area contributed by atoms with E-state index in [4.69, 9.17) is 4.74 Å². The van der Waals surface area contributed by atoms with E-state index in [0.717, 1.165) is 6.42 Å². The normalized spacial score (nSPS) is 24.1. The molecule has 0 aromatic heterocycles. The number of thioether (sulfide) groups is 1. The summed E-state index contributed by atoms with van der Waals surface area (Å²) in [4.78, 5) is 23.7. The first kappa shape index (κ1) is 17.6. The van der Waals surface area contributed by atoms with Gasteiger partial charge in [-0.05, 0) is 25.7 Å². The Morgan fingerprint density at radius 3 is 2.67 bits per heavy atom. The topological polar surface area (TPSA) is 63.6 Å². The van der Waals surface area contributed by atoms with E-state index in [9.17, 15) is 14.7 Å². The summed E-state index contributed by atoms with van der Waals surface area (Å²) in [6, 6.07) is 0. The fourth-order valence-corrected chi connectivity index (χ4v) is 2.31. The lowest BCUT2D eigenvalue weighted by atomic mass is 9.96. The highest BCUT2D eigenvalue weighted by atomic mass is 32.2. The zero-order chi connectivity index (χ0) is 16.0. The monoisotopic (exact) mass is 310 g/mol. The Morgan fingerprint density at radius 1 is 1.48 bits per heavy atom. The number of rotatable bonds is 7. The van der Waals surface area contributed by atoms with Gasteiger partial charge in [0.05, 0.1) is 0 Å². The summed E-state index contributed by atoms with van der Waals surface area (Å²) in [6.07, 6.45) is 10.4. The number of allylic oxidation sites excluding steroid dienone is 4. The second-order valence-corrected chi connectivity index (χ2v) is 6.36. The van der Waals surface area contributed by atoms with Crippen LogP contribution in [0.3, 0.4) is 0 Å². The summed E-state index contributed by atoms with van der Waals surface area (Å²) < 4.78 is 5.70. The van der Waals surface area contributed by atoms with Gasteiger partial charge in [-0.15, -0.1) is 0 Å². The maximum Gasteiger partial charge on any atom is 0.342 e. The molecule has 0 radical (unpaired) electrons. The zero-order valence-corrected chi connectivity index (χ0v) is 13.7. The maximum absolute atomic E-state index is 12.4. The van der Waals surface area contributed by atoms with Crippen molar-refractivity contribution in [3.05, 3.63) is 35.6 Å². The molecule has 5 heteroatoms. The van der Waals surface area contributed by atoms with E-state index in [0.29, 0.717) is 6.42 Å². The number of hydrogen-bond donors (Lipinski definition) is 1. The van der Waals surface area contributed by atoms with Crippen molar-refractivity contribution in [3.8, 4) is 0 Å². The Balaban J connectivity index is 3.02. The van der Waals surface area contributed by atoms with E-state index in [-0.39, 0.29) is 16.6 Å². The van der Waals surface area contributed by atoms with Crippen molar-refractivity contribution in [1.82, 2.24) is 0 Å². The maximum atomic E-state index is 12.4. The third-order valence-corrected chi connectivity index (χ3v) is 4.25. The molecule has 0 fully saturated rings. The van der Waals surface area contributed by atoms with E-state index in [1.165, 1.54) is 0 Å². The molecule has 4 nitrogen and oxygen atoms in total. The van der Waals surface area contributed by atoms with Gasteiger partial charge in [-0.25, -0.2) is 4.79 Å². The van der Waals surface area contributed by atoms with E-state index in [1.807, 2.05) is 32.3 Å². The molecule has 1 heterocycles. The number of hydrogen-bond acceptors (Lipinski definition) is 4. The van der Waals surface area contributed by atoms with Crippen LogP contribution >= 0.6 is 11.8 Å². The number of ketones is 1. The van der Waals surface area contributed by atoms with Crippen LogP contribution in [0.4, 0.5) is 0 Å². The van der Waals surface area contributed by atoms with Crippen LogP contribution in [0, 0.1) is 0 Å². The van der Waals surface area contributed by atoms with Gasteiger partial charge >= 0.3 is 5.97 Å². The molecule has 0 saturated heterocycles. The second-order valence-electron chi connectivity index (χ2n) is 5.09. The zero-order valence-electron chi connectivity index (χ0n) is 12.9. The van der Waals surface area contributed by atoms with Crippen molar-refractivity contribution in [2.45, 2.75) is 44.5 Å². The highest BCUT2D eigenvalue weighted by molar-refractivity contribution is 7.99. The number of aliphatic carboxylic acids is 1. The summed E-state index contributed by atoms with van der Waals surface area (Å²) in [5.74, 6) is -1.43. The molecule has 0 spiro atoms. The number of carbonyl (C=O) groups excluding carboxylic acids is 1. The van der Waals surface area contributed by atoms with Crippen molar-refractivity contribution in [2.75, 3.05) is 6.26 Å². The van der Waals surface area contributed by atoms with Crippen LogP contribution in [0.2, 0.25) is 0 Å². The number of carbonyl (C=O) groups is 2. The predicted molar refractivity (Wildman–Crippen MR) is 85.3 cm³/mol. The summed E-state index contributed by atoms with van der Waals surface area (Å²) in [6.45, 7) is 5.58. The predicted octanol–water partition coefficient (Wildman–Crippen LogP) is 3.35. The van der Waals surface area contributed by atoms with Crippen molar-refractivity contribution in [3.63, 3.8) is 0 Å². The molecule has 0 amide bonds. The minimum atomic E-state index is -1.22. The van der Waals surface area contributed by atoms with Gasteiger partial charge in [0.1, 0.15) is 11.3 Å². The lowest BCUT2D eigenvalue weighted by Crippen LogP contribution is -2.32. The van der Waals surface area contributed by atoms with Crippen LogP contribution in [-0.2, 0) is 14.3 Å². The smallest absolute Gasteiger partial charge is 0.342 e. The molecular formula is C16H22O4S. The molecule has 2 unspecified atom stereocenters. The highest BCUT2D eigenvalue weighted by Gasteiger charge is 2.46. The standard InChI is InChI=1S/C16H22O4S/c1-5-6-7-8-9-16(3)14(17)13(15(18)19)12(20-16)10-11(2)21-4/h6-9,11H,5,10H2,1-4H3,(H,18,19)/b7-6+,9-8+. The molecule has 116 valence electrons. The molecule has 0 saturated carbocycles. The Hall–Kier alpha value is -1.49. The van der Waals surface area contributed by atoms with Crippen molar-refractivity contribution < 1.29 is 19.4 Å². The first-order valence-electron chi connectivity index (χ1n) is 6.93. The molecule has 1 aliphatic heterocycles. The van der Waals surface area contributed by atoms with E-state index in [1.54, 1.807) is 30.8 Å². The largest absolute Gasteiger partial charge is 0.479 e. The van der Waals surface area contributed by atoms with Crippen molar-refractivity contribution >= 4 is 23.5 Å². The van der Waals surface area contributed by atoms with Gasteiger partial charge < -0.3 is 9.84 Å². The third kappa shape index (κ3) is 4.24. The Kier molecular flexibility index (Phi) is 6.27. The van der Waals surface area contributed by atoms with Gasteiger partial charge in [0, 0.05) is 11.7 Å². The summed E-state index contributed by atoms with van der Waals surface area (Å²) in [7, 11) is 0. The lowest BCUT2D eigenvalue weighted by molar-refractivity contribution is -0.135. The van der Waals surface area contributed by atoms with Gasteiger partial charge in [0.2, 0.25) is 5.78 Å². The van der Waals surface area contributed by atoms with Crippen LogP contribution in [0.5, 0.6) is 0 Å². The van der Waals surface area contributed by atoms with Gasteiger partial charge in [0.25, 0.3) is 0 Å². The molecule has 21 heavy (non-hydrogen) atoms. The average Bonchev–Trinajstić information content (AvgIpc) is 2.66. The van der Waals surface area contributed by atoms with E-state index >= 15 is 0 Å². The summed E-state index contributed by atoms with van der Waals surface area (Å²) in [5.41, 5.74) is -1.44. The number of Topliss-reactive ketones (excluding diaryl/α,β-unsaturated/α-hetero) is 1. The molecule has 1 rings (SSSR count). The van der Waals surface area contributed by atoms with Crippen LogP contribution in [0.1, 0.15) is 33.6 Å². The average molecular weight is 310 g/mol. The Morgan fingerprint density at radius 2 is 2.14 bits per heavy atom. The fraction of sp³-hybridized carbons (Fsp3) is 0.500. The van der Waals surface area contributed by atoms with Crippen LogP contribution in [0.15, 0.2) is 35.6 Å². The summed E-state index contributed by atoms with van der Waals surface area (Å²) in [5, 5.41) is 9.47. The quantitative estimate of drug-likeness (QED) is 0.577. The van der Waals surface area contributed by atoms with Gasteiger partial charge in [0.15, 0.2) is 5.60 Å². The van der Waals surface area contributed by atoms with Crippen LogP contribution in [-0.4, -0.2) is 34.0 Å². The molecule has 0 aromatic carbocycles. The third-order valence-electron chi connectivity index (χ3n) is 3.28. The van der Waals surface area contributed by atoms with Crippen molar-refractivity contribution in [2.24, 2.45) is 0 Å². The van der Waals surface area contributed by atoms with Crippen LogP contribution < -0.4 is 0 Å². The van der Waals surface area contributed by atoms with E-state index < -0.39 is 17.4 Å². The van der Waals surface area contributed by atoms with E-state index in [2.05, 4.69) is 0 Å². The van der Waals surface area contributed by atoms with Crippen LogP contribution in [0.25, 0.3) is 0 Å². The second kappa shape index (κ2) is 7.50.